The lowest BCUT2D eigenvalue weighted by Gasteiger charge is -2.24. The zero-order valence-corrected chi connectivity index (χ0v) is 18.9. The number of amides is 2. The topological polar surface area (TPSA) is 84.4 Å². The molecule has 2 aromatic heterocycles. The Morgan fingerprint density at radius 1 is 1.37 bits per heavy atom. The number of thiazole rings is 1. The smallest absolute Gasteiger partial charge is 0.410 e. The molecule has 0 spiro atoms. The van der Waals surface area contributed by atoms with Crippen LogP contribution in [-0.4, -0.2) is 52.6 Å². The van der Waals surface area contributed by atoms with Gasteiger partial charge < -0.3 is 15.0 Å². The Morgan fingerprint density at radius 2 is 2.17 bits per heavy atom. The van der Waals surface area contributed by atoms with Crippen molar-refractivity contribution in [1.82, 2.24) is 20.2 Å². The van der Waals surface area contributed by atoms with Crippen molar-refractivity contribution < 1.29 is 14.3 Å². The molecule has 0 saturated heterocycles. The molecular formula is C22H30N4O3S. The van der Waals surface area contributed by atoms with E-state index < -0.39 is 5.60 Å². The lowest BCUT2D eigenvalue weighted by Crippen LogP contribution is -2.35. The van der Waals surface area contributed by atoms with Crippen molar-refractivity contribution in [3.8, 4) is 0 Å². The number of hydrogen-bond acceptors (Lipinski definition) is 6. The van der Waals surface area contributed by atoms with E-state index in [4.69, 9.17) is 4.74 Å². The van der Waals surface area contributed by atoms with Crippen molar-refractivity contribution in [1.29, 1.82) is 0 Å². The van der Waals surface area contributed by atoms with E-state index in [1.165, 1.54) is 21.8 Å². The third-order valence-electron chi connectivity index (χ3n) is 4.97. The average Bonchev–Trinajstić information content (AvgIpc) is 3.18. The number of ether oxygens (including phenoxy) is 1. The van der Waals surface area contributed by atoms with Gasteiger partial charge in [-0.1, -0.05) is 6.07 Å². The number of fused-ring (bicyclic) bond motifs is 1. The van der Waals surface area contributed by atoms with Crippen LogP contribution in [0.1, 0.15) is 66.3 Å². The predicted octanol–water partition coefficient (Wildman–Crippen LogP) is 3.80. The van der Waals surface area contributed by atoms with Crippen molar-refractivity contribution in [3.63, 3.8) is 0 Å². The molecule has 0 saturated carbocycles. The van der Waals surface area contributed by atoms with Gasteiger partial charge in [0.25, 0.3) is 5.91 Å². The average molecular weight is 431 g/mol. The van der Waals surface area contributed by atoms with Crippen LogP contribution in [0.5, 0.6) is 0 Å². The first-order chi connectivity index (χ1) is 14.2. The van der Waals surface area contributed by atoms with Crippen LogP contribution in [-0.2, 0) is 17.6 Å². The van der Waals surface area contributed by atoms with E-state index in [2.05, 4.69) is 21.4 Å². The molecular weight excluding hydrogens is 400 g/mol. The molecule has 3 rings (SSSR count). The summed E-state index contributed by atoms with van der Waals surface area (Å²) in [4.78, 5) is 35.1. The molecule has 1 N–H and O–H groups in total. The molecule has 0 fully saturated rings. The van der Waals surface area contributed by atoms with Crippen LogP contribution < -0.4 is 5.32 Å². The van der Waals surface area contributed by atoms with E-state index >= 15 is 0 Å². The second-order valence-electron chi connectivity index (χ2n) is 8.63. The molecule has 0 aromatic carbocycles. The molecule has 2 amide bonds. The summed E-state index contributed by atoms with van der Waals surface area (Å²) >= 11 is 1.43. The summed E-state index contributed by atoms with van der Waals surface area (Å²) in [6.07, 6.45) is 5.24. The monoisotopic (exact) mass is 430 g/mol. The second-order valence-corrected chi connectivity index (χ2v) is 9.57. The number of pyridine rings is 1. The van der Waals surface area contributed by atoms with Gasteiger partial charge in [0, 0.05) is 49.7 Å². The highest BCUT2D eigenvalue weighted by Gasteiger charge is 2.23. The van der Waals surface area contributed by atoms with Gasteiger partial charge in [0.2, 0.25) is 0 Å². The fourth-order valence-electron chi connectivity index (χ4n) is 3.44. The quantitative estimate of drug-likeness (QED) is 0.754. The standard InChI is InChI=1S/C22H30N4O3S/c1-22(2,3)29-21(28)26(4)12-10-18-25-17(14-30-18)20(27)24-13-16-8-5-7-15-9-6-11-23-19(15)16/h6,9,11,14,16H,5,7-8,10,12-13H2,1-4H3,(H,24,27). The van der Waals surface area contributed by atoms with Crippen LogP contribution in [0, 0.1) is 0 Å². The molecule has 2 aromatic rings. The van der Waals surface area contributed by atoms with Gasteiger partial charge in [-0.3, -0.25) is 9.78 Å². The van der Waals surface area contributed by atoms with Gasteiger partial charge in [0.05, 0.1) is 5.01 Å². The number of hydrogen-bond donors (Lipinski definition) is 1. The molecule has 162 valence electrons. The molecule has 1 aliphatic rings. The summed E-state index contributed by atoms with van der Waals surface area (Å²) in [6.45, 7) is 6.57. The van der Waals surface area contributed by atoms with Gasteiger partial charge in [-0.25, -0.2) is 9.78 Å². The minimum Gasteiger partial charge on any atom is -0.444 e. The summed E-state index contributed by atoms with van der Waals surface area (Å²) in [7, 11) is 1.70. The van der Waals surface area contributed by atoms with E-state index in [0.29, 0.717) is 25.2 Å². The molecule has 1 atom stereocenters. The van der Waals surface area contributed by atoms with E-state index in [0.717, 1.165) is 30.0 Å². The van der Waals surface area contributed by atoms with E-state index in [1.807, 2.05) is 33.0 Å². The molecule has 0 aliphatic heterocycles. The van der Waals surface area contributed by atoms with Crippen molar-refractivity contribution in [2.45, 2.75) is 58.0 Å². The molecule has 8 heteroatoms. The first-order valence-corrected chi connectivity index (χ1v) is 11.2. The highest BCUT2D eigenvalue weighted by molar-refractivity contribution is 7.09. The summed E-state index contributed by atoms with van der Waals surface area (Å²) in [5, 5.41) is 5.60. The van der Waals surface area contributed by atoms with Gasteiger partial charge >= 0.3 is 6.09 Å². The summed E-state index contributed by atoms with van der Waals surface area (Å²) in [6, 6.07) is 4.09. The predicted molar refractivity (Wildman–Crippen MR) is 117 cm³/mol. The van der Waals surface area contributed by atoms with Crippen molar-refractivity contribution in [2.24, 2.45) is 0 Å². The molecule has 1 unspecified atom stereocenters. The normalized spacial score (nSPS) is 15.9. The van der Waals surface area contributed by atoms with Crippen molar-refractivity contribution in [2.75, 3.05) is 20.1 Å². The van der Waals surface area contributed by atoms with Gasteiger partial charge in [-0.05, 0) is 51.7 Å². The second kappa shape index (κ2) is 9.55. The number of likely N-dealkylation sites (N-methyl/N-ethyl adjacent to an activating group) is 1. The minimum atomic E-state index is -0.522. The van der Waals surface area contributed by atoms with Gasteiger partial charge in [-0.2, -0.15) is 0 Å². The number of nitrogens with zero attached hydrogens (tertiary/aromatic N) is 3. The van der Waals surface area contributed by atoms with E-state index in [-0.39, 0.29) is 17.9 Å². The molecule has 0 bridgehead atoms. The molecule has 1 aliphatic carbocycles. The molecule has 7 nitrogen and oxygen atoms in total. The van der Waals surface area contributed by atoms with Crippen LogP contribution in [0.25, 0.3) is 0 Å². The number of rotatable bonds is 6. The molecule has 2 heterocycles. The Hall–Kier alpha value is -2.48. The lowest BCUT2D eigenvalue weighted by molar-refractivity contribution is 0.0300. The van der Waals surface area contributed by atoms with Crippen LogP contribution in [0.2, 0.25) is 0 Å². The Labute approximate surface area is 181 Å². The van der Waals surface area contributed by atoms with Crippen LogP contribution >= 0.6 is 11.3 Å². The van der Waals surface area contributed by atoms with E-state index in [9.17, 15) is 9.59 Å². The summed E-state index contributed by atoms with van der Waals surface area (Å²) in [5.74, 6) is 0.0838. The maximum absolute atomic E-state index is 12.5. The maximum atomic E-state index is 12.5. The van der Waals surface area contributed by atoms with Gasteiger partial charge in [-0.15, -0.1) is 11.3 Å². The zero-order chi connectivity index (χ0) is 21.7. The van der Waals surface area contributed by atoms with Crippen LogP contribution in [0.3, 0.4) is 0 Å². The number of nitrogens with one attached hydrogen (secondary N) is 1. The first-order valence-electron chi connectivity index (χ1n) is 10.3. The summed E-state index contributed by atoms with van der Waals surface area (Å²) < 4.78 is 5.35. The Kier molecular flexibility index (Phi) is 7.07. The zero-order valence-electron chi connectivity index (χ0n) is 18.1. The largest absolute Gasteiger partial charge is 0.444 e. The lowest BCUT2D eigenvalue weighted by atomic mass is 9.86. The maximum Gasteiger partial charge on any atom is 0.410 e. The molecule has 0 radical (unpaired) electrons. The number of aryl methyl sites for hydroxylation is 1. The number of carbonyl (C=O) groups excluding carboxylic acids is 2. The number of aromatic nitrogens is 2. The Bertz CT molecular complexity index is 891. The SMILES string of the molecule is CN(CCc1nc(C(=O)NCC2CCCc3cccnc32)cs1)C(=O)OC(C)(C)C. The van der Waals surface area contributed by atoms with Crippen LogP contribution in [0.4, 0.5) is 4.79 Å². The fraction of sp³-hybridized carbons (Fsp3) is 0.545. The minimum absolute atomic E-state index is 0.166. The Balaban J connectivity index is 1.49. The van der Waals surface area contributed by atoms with Crippen LogP contribution in [0.15, 0.2) is 23.7 Å². The highest BCUT2D eigenvalue weighted by atomic mass is 32.1. The summed E-state index contributed by atoms with van der Waals surface area (Å²) in [5.41, 5.74) is 2.29. The van der Waals surface area contributed by atoms with Gasteiger partial charge in [0.1, 0.15) is 11.3 Å². The molecule has 30 heavy (non-hydrogen) atoms. The highest BCUT2D eigenvalue weighted by Crippen LogP contribution is 2.29. The van der Waals surface area contributed by atoms with E-state index in [1.54, 1.807) is 12.4 Å². The third kappa shape index (κ3) is 6.01. The number of carbonyl (C=O) groups is 2. The fourth-order valence-corrected chi connectivity index (χ4v) is 4.20. The first kappa shape index (κ1) is 22.2. The third-order valence-corrected chi connectivity index (χ3v) is 5.88. The Morgan fingerprint density at radius 3 is 2.93 bits per heavy atom. The van der Waals surface area contributed by atoms with Gasteiger partial charge in [0.15, 0.2) is 0 Å². The van der Waals surface area contributed by atoms with Crippen molar-refractivity contribution in [3.05, 3.63) is 45.7 Å². The van der Waals surface area contributed by atoms with Crippen molar-refractivity contribution >= 4 is 23.3 Å².